The van der Waals surface area contributed by atoms with Gasteiger partial charge in [-0.3, -0.25) is 23.9 Å². The van der Waals surface area contributed by atoms with E-state index in [1.165, 1.54) is 22.2 Å². The largest absolute Gasteiger partial charge is 0.383 e. The first-order chi connectivity index (χ1) is 13.9. The maximum atomic E-state index is 12.6. The molecule has 9 nitrogen and oxygen atoms in total. The van der Waals surface area contributed by atoms with Crippen molar-refractivity contribution in [2.45, 2.75) is 19.5 Å². The van der Waals surface area contributed by atoms with E-state index in [9.17, 15) is 19.2 Å². The summed E-state index contributed by atoms with van der Waals surface area (Å²) in [4.78, 5) is 52.3. The fourth-order valence-electron chi connectivity index (χ4n) is 2.98. The molecule has 3 rings (SSSR count). The molecular formula is C20H21N5O4. The first kappa shape index (κ1) is 19.9. The Hall–Kier alpha value is -3.88. The molecule has 150 valence electrons. The smallest absolute Gasteiger partial charge is 0.330 e. The highest BCUT2D eigenvalue weighted by molar-refractivity contribution is 5.94. The number of nitrogens with two attached hydrogens (primary N) is 1. The van der Waals surface area contributed by atoms with E-state index in [1.54, 1.807) is 18.3 Å². The SMILES string of the molecule is CN(C(=O)CCn1ccccc1=O)c1c(N)n(Cc2ccccc2)c(=O)[nH]c1=O. The standard InChI is InChI=1S/C20H21N5O4/c1-23(15(26)10-12-24-11-6-5-9-16(24)27)17-18(21)25(20(29)22-19(17)28)13-14-7-3-2-4-8-14/h2-9,11H,10,12-13,21H2,1H3,(H,22,28,29). The van der Waals surface area contributed by atoms with E-state index in [-0.39, 0.29) is 36.6 Å². The summed E-state index contributed by atoms with van der Waals surface area (Å²) in [5, 5.41) is 0. The molecule has 0 unspecified atom stereocenters. The number of H-pyrrole nitrogens is 1. The van der Waals surface area contributed by atoms with Gasteiger partial charge < -0.3 is 15.2 Å². The topological polar surface area (TPSA) is 123 Å². The molecule has 0 spiro atoms. The summed E-state index contributed by atoms with van der Waals surface area (Å²) in [6, 6.07) is 13.8. The number of nitrogen functional groups attached to an aromatic ring is 1. The predicted octanol–water partition coefficient (Wildman–Crippen LogP) is 0.382. The zero-order valence-electron chi connectivity index (χ0n) is 15.9. The number of carbonyl (C=O) groups is 1. The normalized spacial score (nSPS) is 10.7. The van der Waals surface area contributed by atoms with E-state index in [0.29, 0.717) is 0 Å². The molecule has 3 aromatic rings. The number of benzene rings is 1. The van der Waals surface area contributed by atoms with Crippen molar-refractivity contribution in [1.82, 2.24) is 14.1 Å². The molecule has 0 fully saturated rings. The summed E-state index contributed by atoms with van der Waals surface area (Å²) in [7, 11) is 1.41. The monoisotopic (exact) mass is 395 g/mol. The van der Waals surface area contributed by atoms with Crippen LogP contribution < -0.4 is 27.4 Å². The average Bonchev–Trinajstić information content (AvgIpc) is 2.71. The number of aryl methyl sites for hydroxylation is 1. The second-order valence-corrected chi connectivity index (χ2v) is 6.50. The van der Waals surface area contributed by atoms with Gasteiger partial charge in [-0.15, -0.1) is 0 Å². The number of anilines is 2. The van der Waals surface area contributed by atoms with Gasteiger partial charge in [-0.25, -0.2) is 4.79 Å². The highest BCUT2D eigenvalue weighted by Crippen LogP contribution is 2.17. The van der Waals surface area contributed by atoms with Crippen molar-refractivity contribution < 1.29 is 4.79 Å². The molecule has 0 radical (unpaired) electrons. The van der Waals surface area contributed by atoms with Gasteiger partial charge in [-0.2, -0.15) is 0 Å². The van der Waals surface area contributed by atoms with Crippen LogP contribution in [0.3, 0.4) is 0 Å². The highest BCUT2D eigenvalue weighted by atomic mass is 16.2. The Morgan fingerprint density at radius 1 is 1.07 bits per heavy atom. The van der Waals surface area contributed by atoms with Gasteiger partial charge in [-0.05, 0) is 11.6 Å². The van der Waals surface area contributed by atoms with Crippen LogP contribution in [-0.4, -0.2) is 27.1 Å². The molecule has 2 aromatic heterocycles. The Balaban J connectivity index is 1.87. The molecule has 3 N–H and O–H groups in total. The minimum atomic E-state index is -0.746. The van der Waals surface area contributed by atoms with Crippen molar-refractivity contribution in [3.8, 4) is 0 Å². The van der Waals surface area contributed by atoms with Gasteiger partial charge in [0.15, 0.2) is 5.69 Å². The lowest BCUT2D eigenvalue weighted by Crippen LogP contribution is -2.39. The zero-order valence-corrected chi connectivity index (χ0v) is 15.9. The molecular weight excluding hydrogens is 374 g/mol. The van der Waals surface area contributed by atoms with Gasteiger partial charge in [0.25, 0.3) is 11.1 Å². The van der Waals surface area contributed by atoms with E-state index < -0.39 is 17.2 Å². The van der Waals surface area contributed by atoms with Gasteiger partial charge in [0.2, 0.25) is 5.91 Å². The van der Waals surface area contributed by atoms with Crippen LogP contribution in [0.25, 0.3) is 0 Å². The summed E-state index contributed by atoms with van der Waals surface area (Å²) in [5.74, 6) is -0.516. The Kier molecular flexibility index (Phi) is 5.77. The number of hydrogen-bond donors (Lipinski definition) is 2. The van der Waals surface area contributed by atoms with Crippen molar-refractivity contribution in [3.63, 3.8) is 0 Å². The summed E-state index contributed by atoms with van der Waals surface area (Å²) >= 11 is 0. The van der Waals surface area contributed by atoms with Gasteiger partial charge in [0.1, 0.15) is 5.82 Å². The van der Waals surface area contributed by atoms with Crippen LogP contribution in [0, 0.1) is 0 Å². The average molecular weight is 395 g/mol. The number of rotatable bonds is 6. The Labute approximate surface area is 165 Å². The van der Waals surface area contributed by atoms with Crippen molar-refractivity contribution in [1.29, 1.82) is 0 Å². The van der Waals surface area contributed by atoms with Crippen molar-refractivity contribution >= 4 is 17.4 Å². The fraction of sp³-hybridized carbons (Fsp3) is 0.200. The van der Waals surface area contributed by atoms with Crippen molar-refractivity contribution in [2.24, 2.45) is 0 Å². The van der Waals surface area contributed by atoms with E-state index in [2.05, 4.69) is 4.98 Å². The van der Waals surface area contributed by atoms with E-state index in [0.717, 1.165) is 10.5 Å². The molecule has 0 bridgehead atoms. The first-order valence-electron chi connectivity index (χ1n) is 8.97. The van der Waals surface area contributed by atoms with E-state index >= 15 is 0 Å². The fourth-order valence-corrected chi connectivity index (χ4v) is 2.98. The lowest BCUT2D eigenvalue weighted by Gasteiger charge is -2.20. The van der Waals surface area contributed by atoms with Crippen LogP contribution >= 0.6 is 0 Å². The number of nitrogens with zero attached hydrogens (tertiary/aromatic N) is 3. The van der Waals surface area contributed by atoms with Crippen molar-refractivity contribution in [2.75, 3.05) is 17.7 Å². The second-order valence-electron chi connectivity index (χ2n) is 6.50. The third-order valence-corrected chi connectivity index (χ3v) is 4.57. The Morgan fingerprint density at radius 2 is 1.76 bits per heavy atom. The quantitative estimate of drug-likeness (QED) is 0.625. The molecule has 0 saturated heterocycles. The zero-order chi connectivity index (χ0) is 21.0. The van der Waals surface area contributed by atoms with Crippen LogP contribution in [0.5, 0.6) is 0 Å². The van der Waals surface area contributed by atoms with Crippen LogP contribution in [0.1, 0.15) is 12.0 Å². The van der Waals surface area contributed by atoms with Gasteiger partial charge in [0, 0.05) is 32.3 Å². The number of nitrogens with one attached hydrogen (secondary N) is 1. The number of carbonyl (C=O) groups excluding carboxylic acids is 1. The van der Waals surface area contributed by atoms with Crippen LogP contribution in [-0.2, 0) is 17.9 Å². The molecule has 1 aromatic carbocycles. The third kappa shape index (κ3) is 4.34. The van der Waals surface area contributed by atoms with Crippen molar-refractivity contribution in [3.05, 3.63) is 91.5 Å². The number of aromatic nitrogens is 3. The molecule has 9 heteroatoms. The molecule has 0 aliphatic heterocycles. The minimum Gasteiger partial charge on any atom is -0.383 e. The van der Waals surface area contributed by atoms with Gasteiger partial charge in [0.05, 0.1) is 6.54 Å². The summed E-state index contributed by atoms with van der Waals surface area (Å²) in [6.45, 7) is 0.307. The van der Waals surface area contributed by atoms with E-state index in [4.69, 9.17) is 5.73 Å². The predicted molar refractivity (Wildman–Crippen MR) is 110 cm³/mol. The number of aromatic amines is 1. The lowest BCUT2D eigenvalue weighted by molar-refractivity contribution is -0.118. The molecule has 0 aliphatic carbocycles. The number of hydrogen-bond acceptors (Lipinski definition) is 5. The van der Waals surface area contributed by atoms with Crippen LogP contribution in [0.4, 0.5) is 11.5 Å². The van der Waals surface area contributed by atoms with Crippen LogP contribution in [0.2, 0.25) is 0 Å². The maximum Gasteiger partial charge on any atom is 0.330 e. The van der Waals surface area contributed by atoms with Gasteiger partial charge >= 0.3 is 5.69 Å². The van der Waals surface area contributed by atoms with Crippen LogP contribution in [0.15, 0.2) is 69.1 Å². The maximum absolute atomic E-state index is 12.6. The highest BCUT2D eigenvalue weighted by Gasteiger charge is 2.21. The number of amides is 1. The molecule has 0 saturated carbocycles. The summed E-state index contributed by atoms with van der Waals surface area (Å²) in [5.41, 5.74) is 5.18. The summed E-state index contributed by atoms with van der Waals surface area (Å²) < 4.78 is 2.60. The molecule has 2 heterocycles. The second kappa shape index (κ2) is 8.42. The Morgan fingerprint density at radius 3 is 2.45 bits per heavy atom. The summed E-state index contributed by atoms with van der Waals surface area (Å²) in [6.07, 6.45) is 1.56. The lowest BCUT2D eigenvalue weighted by atomic mass is 10.2. The molecule has 29 heavy (non-hydrogen) atoms. The molecule has 0 atom stereocenters. The number of pyridine rings is 1. The Bertz CT molecular complexity index is 1190. The minimum absolute atomic E-state index is 0.0168. The first-order valence-corrected chi connectivity index (χ1v) is 8.97. The third-order valence-electron chi connectivity index (χ3n) is 4.57. The van der Waals surface area contributed by atoms with Gasteiger partial charge in [-0.1, -0.05) is 36.4 Å². The molecule has 1 amide bonds. The van der Waals surface area contributed by atoms with E-state index in [1.807, 2.05) is 30.3 Å². The molecule has 0 aliphatic rings.